The number of fused-ring (bicyclic) bond motifs is 1. The normalized spacial score (nSPS) is 19.2. The van der Waals surface area contributed by atoms with Crippen molar-refractivity contribution in [1.29, 1.82) is 0 Å². The molecule has 0 spiro atoms. The molecule has 2 N–H and O–H groups in total. The van der Waals surface area contributed by atoms with Gasteiger partial charge in [-0.3, -0.25) is 4.79 Å². The highest BCUT2D eigenvalue weighted by atomic mass is 19.1. The van der Waals surface area contributed by atoms with Crippen LogP contribution in [-0.4, -0.2) is 44.9 Å². The molecule has 1 saturated heterocycles. The molecule has 1 unspecified atom stereocenters. The van der Waals surface area contributed by atoms with Gasteiger partial charge < -0.3 is 19.6 Å². The topological polar surface area (TPSA) is 87.1 Å². The summed E-state index contributed by atoms with van der Waals surface area (Å²) in [5.74, 6) is -0.395. The van der Waals surface area contributed by atoms with Crippen LogP contribution in [0.3, 0.4) is 0 Å². The van der Waals surface area contributed by atoms with Crippen LogP contribution in [0.5, 0.6) is 0 Å². The number of aryl methyl sites for hydroxylation is 1. The summed E-state index contributed by atoms with van der Waals surface area (Å²) in [6.07, 6.45) is 2.91. The van der Waals surface area contributed by atoms with Crippen molar-refractivity contribution < 1.29 is 13.6 Å². The van der Waals surface area contributed by atoms with Crippen molar-refractivity contribution in [2.24, 2.45) is 5.41 Å². The van der Waals surface area contributed by atoms with Crippen molar-refractivity contribution >= 4 is 22.8 Å². The number of carbonyl (C=O) groups excluding carboxylic acids is 1. The molecule has 0 saturated carbocycles. The first-order valence-corrected chi connectivity index (χ1v) is 8.44. The highest BCUT2D eigenvalue weighted by Crippen LogP contribution is 2.33. The fourth-order valence-electron chi connectivity index (χ4n) is 3.39. The number of hydrogen-bond acceptors (Lipinski definition) is 5. The van der Waals surface area contributed by atoms with Gasteiger partial charge in [0.1, 0.15) is 12.0 Å². The quantitative estimate of drug-likeness (QED) is 0.752. The number of anilines is 1. The van der Waals surface area contributed by atoms with Gasteiger partial charge in [0, 0.05) is 30.6 Å². The van der Waals surface area contributed by atoms with Crippen molar-refractivity contribution in [3.8, 4) is 0 Å². The number of amides is 1. The van der Waals surface area contributed by atoms with Gasteiger partial charge in [-0.15, -0.1) is 0 Å². The van der Waals surface area contributed by atoms with Gasteiger partial charge in [0.15, 0.2) is 17.2 Å². The van der Waals surface area contributed by atoms with E-state index in [1.54, 1.807) is 30.2 Å². The van der Waals surface area contributed by atoms with Gasteiger partial charge >= 0.3 is 0 Å². The Labute approximate surface area is 149 Å². The number of rotatable bonds is 3. The molecule has 4 heterocycles. The highest BCUT2D eigenvalue weighted by Gasteiger charge is 2.42. The van der Waals surface area contributed by atoms with E-state index >= 15 is 0 Å². The Morgan fingerprint density at radius 1 is 1.46 bits per heavy atom. The Kier molecular flexibility index (Phi) is 3.71. The first-order valence-electron chi connectivity index (χ1n) is 8.44. The van der Waals surface area contributed by atoms with Crippen LogP contribution in [0.1, 0.15) is 30.0 Å². The number of aromatic amines is 1. The van der Waals surface area contributed by atoms with Gasteiger partial charge in [-0.1, -0.05) is 13.8 Å². The number of likely N-dealkylation sites (tertiary alicyclic amines) is 1. The molecule has 1 aliphatic rings. The number of furan rings is 1. The second kappa shape index (κ2) is 5.82. The molecule has 3 aromatic rings. The Balaban J connectivity index is 1.54. The van der Waals surface area contributed by atoms with Gasteiger partial charge in [-0.2, -0.15) is 0 Å². The predicted molar refractivity (Wildman–Crippen MR) is 94.4 cm³/mol. The van der Waals surface area contributed by atoms with E-state index in [9.17, 15) is 9.18 Å². The van der Waals surface area contributed by atoms with Crippen LogP contribution in [0.25, 0.3) is 11.1 Å². The molecular formula is C18H20FN5O2. The molecule has 136 valence electrons. The summed E-state index contributed by atoms with van der Waals surface area (Å²) in [4.78, 5) is 25.5. The third kappa shape index (κ3) is 2.71. The van der Waals surface area contributed by atoms with E-state index in [1.165, 1.54) is 6.33 Å². The Morgan fingerprint density at radius 3 is 3.04 bits per heavy atom. The third-order valence-corrected chi connectivity index (χ3v) is 4.98. The molecule has 0 bridgehead atoms. The van der Waals surface area contributed by atoms with Crippen LogP contribution in [-0.2, 0) is 0 Å². The van der Waals surface area contributed by atoms with Gasteiger partial charge in [0.25, 0.3) is 5.91 Å². The van der Waals surface area contributed by atoms with Gasteiger partial charge in [-0.05, 0) is 6.92 Å². The maximum Gasteiger partial charge on any atom is 0.270 e. The Hall–Kier alpha value is -2.90. The van der Waals surface area contributed by atoms with Crippen molar-refractivity contribution in [1.82, 2.24) is 19.9 Å². The van der Waals surface area contributed by atoms with Crippen molar-refractivity contribution in [3.63, 3.8) is 0 Å². The molecule has 3 aromatic heterocycles. The van der Waals surface area contributed by atoms with Crippen molar-refractivity contribution in [3.05, 3.63) is 41.9 Å². The molecule has 4 rings (SSSR count). The van der Waals surface area contributed by atoms with E-state index < -0.39 is 5.82 Å². The molecule has 8 heteroatoms. The molecule has 1 fully saturated rings. The first-order chi connectivity index (χ1) is 12.3. The lowest BCUT2D eigenvalue weighted by Gasteiger charge is -2.26. The summed E-state index contributed by atoms with van der Waals surface area (Å²) < 4.78 is 19.5. The molecule has 7 nitrogen and oxygen atoms in total. The SMILES string of the molecule is Cc1ncnc(NC2CN(C(=O)c3cc4occc4[nH]3)CC2(C)C)c1F. The number of H-pyrrole nitrogens is 1. The smallest absolute Gasteiger partial charge is 0.270 e. The summed E-state index contributed by atoms with van der Waals surface area (Å²) in [6.45, 7) is 6.69. The maximum absolute atomic E-state index is 14.2. The number of nitrogens with zero attached hydrogens (tertiary/aromatic N) is 3. The molecule has 1 aliphatic heterocycles. The average Bonchev–Trinajstić information content (AvgIpc) is 3.25. The van der Waals surface area contributed by atoms with Crippen LogP contribution in [0, 0.1) is 18.2 Å². The summed E-state index contributed by atoms with van der Waals surface area (Å²) in [5, 5.41) is 3.15. The monoisotopic (exact) mass is 357 g/mol. The van der Waals surface area contributed by atoms with E-state index in [0.29, 0.717) is 30.1 Å². The van der Waals surface area contributed by atoms with E-state index in [0.717, 1.165) is 5.52 Å². The number of carbonyl (C=O) groups is 1. The van der Waals surface area contributed by atoms with Crippen molar-refractivity contribution in [2.75, 3.05) is 18.4 Å². The summed E-state index contributed by atoms with van der Waals surface area (Å²) in [5.41, 5.74) is 1.98. The molecule has 1 atom stereocenters. The molecule has 0 aliphatic carbocycles. The third-order valence-electron chi connectivity index (χ3n) is 4.98. The van der Waals surface area contributed by atoms with E-state index in [-0.39, 0.29) is 23.2 Å². The molecule has 0 aromatic carbocycles. The van der Waals surface area contributed by atoms with E-state index in [4.69, 9.17) is 4.42 Å². The summed E-state index contributed by atoms with van der Waals surface area (Å²) in [7, 11) is 0. The zero-order valence-electron chi connectivity index (χ0n) is 14.8. The average molecular weight is 357 g/mol. The second-order valence-corrected chi connectivity index (χ2v) is 7.37. The minimum atomic E-state index is -0.460. The Bertz CT molecular complexity index is 949. The standard InChI is InChI=1S/C18H20FN5O2/c1-10-15(19)16(21-9-20-10)23-14-7-24(8-18(14,2)3)17(25)12-6-13-11(22-12)4-5-26-13/h4-6,9,14,22H,7-8H2,1-3H3,(H,20,21,23). The second-order valence-electron chi connectivity index (χ2n) is 7.37. The van der Waals surface area contributed by atoms with Crippen LogP contribution in [0.2, 0.25) is 0 Å². The zero-order valence-corrected chi connectivity index (χ0v) is 14.8. The van der Waals surface area contributed by atoms with Crippen LogP contribution in [0.4, 0.5) is 10.2 Å². The number of halogens is 1. The minimum Gasteiger partial charge on any atom is -0.463 e. The zero-order chi connectivity index (χ0) is 18.5. The lowest BCUT2D eigenvalue weighted by molar-refractivity contribution is 0.0773. The van der Waals surface area contributed by atoms with E-state index in [1.807, 2.05) is 13.8 Å². The molecule has 1 amide bonds. The number of hydrogen-bond donors (Lipinski definition) is 2. The fourth-order valence-corrected chi connectivity index (χ4v) is 3.39. The van der Waals surface area contributed by atoms with Crippen molar-refractivity contribution in [2.45, 2.75) is 26.8 Å². The molecule has 26 heavy (non-hydrogen) atoms. The summed E-state index contributed by atoms with van der Waals surface area (Å²) in [6, 6.07) is 3.36. The number of nitrogens with one attached hydrogen (secondary N) is 2. The minimum absolute atomic E-state index is 0.104. The van der Waals surface area contributed by atoms with Crippen LogP contribution >= 0.6 is 0 Å². The van der Waals surface area contributed by atoms with Gasteiger partial charge in [0.05, 0.1) is 23.5 Å². The summed E-state index contributed by atoms with van der Waals surface area (Å²) >= 11 is 0. The Morgan fingerprint density at radius 2 is 2.27 bits per heavy atom. The van der Waals surface area contributed by atoms with Gasteiger partial charge in [-0.25, -0.2) is 14.4 Å². The van der Waals surface area contributed by atoms with Crippen LogP contribution < -0.4 is 5.32 Å². The largest absolute Gasteiger partial charge is 0.463 e. The van der Waals surface area contributed by atoms with Crippen LogP contribution in [0.15, 0.2) is 29.1 Å². The predicted octanol–water partition coefficient (Wildman–Crippen LogP) is 2.96. The highest BCUT2D eigenvalue weighted by molar-refractivity contribution is 5.97. The first kappa shape index (κ1) is 16.6. The van der Waals surface area contributed by atoms with E-state index in [2.05, 4.69) is 20.3 Å². The number of aromatic nitrogens is 3. The lowest BCUT2D eigenvalue weighted by Crippen LogP contribution is -2.35. The lowest BCUT2D eigenvalue weighted by atomic mass is 9.88. The molecule has 0 radical (unpaired) electrons. The van der Waals surface area contributed by atoms with Gasteiger partial charge in [0.2, 0.25) is 0 Å². The molecular weight excluding hydrogens is 337 g/mol. The maximum atomic E-state index is 14.2. The fraction of sp³-hybridized carbons (Fsp3) is 0.389.